The molecular weight excluding hydrogens is 242 g/mol. The van der Waals surface area contributed by atoms with Crippen LogP contribution in [0.4, 0.5) is 5.82 Å². The molecule has 19 heavy (non-hydrogen) atoms. The minimum Gasteiger partial charge on any atom is -0.376 e. The van der Waals surface area contributed by atoms with E-state index < -0.39 is 0 Å². The molecular formula is C13H19N5O. The fourth-order valence-corrected chi connectivity index (χ4v) is 2.60. The zero-order valence-electron chi connectivity index (χ0n) is 11.4. The first-order valence-corrected chi connectivity index (χ1v) is 6.71. The zero-order chi connectivity index (χ0) is 13.2. The van der Waals surface area contributed by atoms with Gasteiger partial charge in [-0.1, -0.05) is 0 Å². The maximum atomic E-state index is 5.78. The van der Waals surface area contributed by atoms with E-state index in [-0.39, 0.29) is 0 Å². The molecule has 1 saturated heterocycles. The van der Waals surface area contributed by atoms with E-state index in [2.05, 4.69) is 20.0 Å². The Balaban J connectivity index is 1.82. The van der Waals surface area contributed by atoms with Gasteiger partial charge in [-0.3, -0.25) is 4.68 Å². The van der Waals surface area contributed by atoms with Crippen molar-refractivity contribution in [2.45, 2.75) is 25.4 Å². The van der Waals surface area contributed by atoms with Crippen LogP contribution < -0.4 is 4.90 Å². The van der Waals surface area contributed by atoms with E-state index in [0.29, 0.717) is 6.10 Å². The van der Waals surface area contributed by atoms with Gasteiger partial charge >= 0.3 is 0 Å². The summed E-state index contributed by atoms with van der Waals surface area (Å²) in [4.78, 5) is 10.8. The summed E-state index contributed by atoms with van der Waals surface area (Å²) in [6.07, 6.45) is 7.29. The Bertz CT molecular complexity index is 561. The lowest BCUT2D eigenvalue weighted by molar-refractivity contribution is 0.0215. The third-order valence-electron chi connectivity index (χ3n) is 3.62. The first kappa shape index (κ1) is 12.3. The van der Waals surface area contributed by atoms with Crippen molar-refractivity contribution in [2.24, 2.45) is 7.05 Å². The highest BCUT2D eigenvalue weighted by atomic mass is 16.5. The summed E-state index contributed by atoms with van der Waals surface area (Å²) in [5, 5.41) is 5.23. The normalized spacial score (nSPS) is 19.8. The molecule has 3 heterocycles. The van der Waals surface area contributed by atoms with Crippen molar-refractivity contribution in [1.82, 2.24) is 19.7 Å². The number of fused-ring (bicyclic) bond motifs is 1. The average molecular weight is 261 g/mol. The Morgan fingerprint density at radius 2 is 2.32 bits per heavy atom. The number of nitrogens with zero attached hydrogens (tertiary/aromatic N) is 5. The van der Waals surface area contributed by atoms with E-state index in [1.54, 1.807) is 11.0 Å². The topological polar surface area (TPSA) is 56.1 Å². The first-order chi connectivity index (χ1) is 9.25. The number of aromatic nitrogens is 4. The van der Waals surface area contributed by atoms with Crippen LogP contribution in [0.1, 0.15) is 19.3 Å². The molecule has 1 atom stereocenters. The molecule has 1 aliphatic rings. The Hall–Kier alpha value is -1.69. The maximum Gasteiger partial charge on any atom is 0.163 e. The molecule has 2 aromatic heterocycles. The van der Waals surface area contributed by atoms with Crippen molar-refractivity contribution < 1.29 is 4.74 Å². The molecule has 0 unspecified atom stereocenters. The summed E-state index contributed by atoms with van der Waals surface area (Å²) >= 11 is 0. The lowest BCUT2D eigenvalue weighted by Gasteiger charge is -2.28. The van der Waals surface area contributed by atoms with Crippen LogP contribution in [0, 0.1) is 0 Å². The summed E-state index contributed by atoms with van der Waals surface area (Å²) in [5.74, 6) is 0.923. The van der Waals surface area contributed by atoms with Crippen LogP contribution in [-0.4, -0.2) is 46.1 Å². The predicted molar refractivity (Wildman–Crippen MR) is 73.2 cm³/mol. The highest BCUT2D eigenvalue weighted by Gasteiger charge is 2.18. The largest absolute Gasteiger partial charge is 0.376 e. The van der Waals surface area contributed by atoms with Crippen LogP contribution in [0.25, 0.3) is 11.0 Å². The second kappa shape index (κ2) is 5.13. The van der Waals surface area contributed by atoms with E-state index in [0.717, 1.165) is 36.4 Å². The zero-order valence-corrected chi connectivity index (χ0v) is 11.4. The molecule has 0 saturated carbocycles. The van der Waals surface area contributed by atoms with Crippen LogP contribution >= 0.6 is 0 Å². The quantitative estimate of drug-likeness (QED) is 0.835. The Morgan fingerprint density at radius 1 is 1.42 bits per heavy atom. The molecule has 1 aliphatic heterocycles. The van der Waals surface area contributed by atoms with E-state index in [9.17, 15) is 0 Å². The molecule has 6 nitrogen and oxygen atoms in total. The van der Waals surface area contributed by atoms with Crippen LogP contribution in [0.3, 0.4) is 0 Å². The van der Waals surface area contributed by atoms with Crippen LogP contribution in [0.2, 0.25) is 0 Å². The third kappa shape index (κ3) is 2.40. The Labute approximate surface area is 112 Å². The highest BCUT2D eigenvalue weighted by Crippen LogP contribution is 2.22. The van der Waals surface area contributed by atoms with Crippen molar-refractivity contribution in [3.63, 3.8) is 0 Å². The minimum atomic E-state index is 0.306. The van der Waals surface area contributed by atoms with E-state index in [1.165, 1.54) is 12.8 Å². The number of ether oxygens (including phenoxy) is 1. The fraction of sp³-hybridized carbons (Fsp3) is 0.615. The first-order valence-electron chi connectivity index (χ1n) is 6.71. The van der Waals surface area contributed by atoms with Crippen molar-refractivity contribution >= 4 is 16.9 Å². The van der Waals surface area contributed by atoms with Gasteiger partial charge in [0.1, 0.15) is 12.1 Å². The second-order valence-corrected chi connectivity index (χ2v) is 5.07. The molecule has 0 aromatic carbocycles. The number of rotatable bonds is 3. The van der Waals surface area contributed by atoms with Gasteiger partial charge in [0.05, 0.1) is 17.7 Å². The van der Waals surface area contributed by atoms with Crippen molar-refractivity contribution in [2.75, 3.05) is 25.1 Å². The number of hydrogen-bond acceptors (Lipinski definition) is 5. The van der Waals surface area contributed by atoms with Gasteiger partial charge in [-0.2, -0.15) is 5.10 Å². The second-order valence-electron chi connectivity index (χ2n) is 5.07. The molecule has 0 spiro atoms. The van der Waals surface area contributed by atoms with Gasteiger partial charge in [-0.15, -0.1) is 0 Å². The monoisotopic (exact) mass is 261 g/mol. The van der Waals surface area contributed by atoms with Gasteiger partial charge in [0, 0.05) is 27.2 Å². The molecule has 2 aromatic rings. The van der Waals surface area contributed by atoms with Crippen LogP contribution in [-0.2, 0) is 11.8 Å². The molecule has 0 bridgehead atoms. The van der Waals surface area contributed by atoms with E-state index in [4.69, 9.17) is 4.74 Å². The SMILES string of the molecule is CN(C[C@@H]1CCCCO1)c1ncnc2c1cnn2C. The highest BCUT2D eigenvalue weighted by molar-refractivity contribution is 5.86. The Morgan fingerprint density at radius 3 is 3.11 bits per heavy atom. The van der Waals surface area contributed by atoms with Gasteiger partial charge in [-0.25, -0.2) is 9.97 Å². The lowest BCUT2D eigenvalue weighted by Crippen LogP contribution is -2.33. The van der Waals surface area contributed by atoms with Crippen molar-refractivity contribution in [3.8, 4) is 0 Å². The van der Waals surface area contributed by atoms with Gasteiger partial charge in [0.25, 0.3) is 0 Å². The molecule has 0 amide bonds. The van der Waals surface area contributed by atoms with Crippen molar-refractivity contribution in [1.29, 1.82) is 0 Å². The summed E-state index contributed by atoms with van der Waals surface area (Å²) < 4.78 is 7.55. The molecule has 1 fully saturated rings. The van der Waals surface area contributed by atoms with E-state index >= 15 is 0 Å². The Kier molecular flexibility index (Phi) is 3.33. The predicted octanol–water partition coefficient (Wildman–Crippen LogP) is 1.37. The molecule has 3 rings (SSSR count). The van der Waals surface area contributed by atoms with Gasteiger partial charge < -0.3 is 9.64 Å². The van der Waals surface area contributed by atoms with Crippen LogP contribution in [0.15, 0.2) is 12.5 Å². The molecule has 0 N–H and O–H groups in total. The molecule has 102 valence electrons. The minimum absolute atomic E-state index is 0.306. The van der Waals surface area contributed by atoms with Gasteiger partial charge in [0.2, 0.25) is 0 Å². The van der Waals surface area contributed by atoms with Gasteiger partial charge in [-0.05, 0) is 19.3 Å². The molecule has 6 heteroatoms. The number of anilines is 1. The summed E-state index contributed by atoms with van der Waals surface area (Å²) in [6, 6.07) is 0. The smallest absolute Gasteiger partial charge is 0.163 e. The fourth-order valence-electron chi connectivity index (χ4n) is 2.60. The summed E-state index contributed by atoms with van der Waals surface area (Å²) in [7, 11) is 3.94. The van der Waals surface area contributed by atoms with E-state index in [1.807, 2.05) is 20.3 Å². The maximum absolute atomic E-state index is 5.78. The third-order valence-corrected chi connectivity index (χ3v) is 3.62. The molecule has 0 aliphatic carbocycles. The summed E-state index contributed by atoms with van der Waals surface area (Å²) in [6.45, 7) is 1.74. The van der Waals surface area contributed by atoms with Crippen LogP contribution in [0.5, 0.6) is 0 Å². The van der Waals surface area contributed by atoms with Crippen molar-refractivity contribution in [3.05, 3.63) is 12.5 Å². The number of hydrogen-bond donors (Lipinski definition) is 0. The number of likely N-dealkylation sites (N-methyl/N-ethyl adjacent to an activating group) is 1. The molecule has 0 radical (unpaired) electrons. The standard InChI is InChI=1S/C13H19N5O/c1-17(8-10-5-3-4-6-19-10)12-11-7-16-18(2)13(11)15-9-14-12/h7,9-10H,3-6,8H2,1-2H3/t10-/m0/s1. The lowest BCUT2D eigenvalue weighted by atomic mass is 10.1. The van der Waals surface area contributed by atoms with Gasteiger partial charge in [0.15, 0.2) is 5.65 Å². The number of aryl methyl sites for hydroxylation is 1. The average Bonchev–Trinajstić information content (AvgIpc) is 2.82. The summed E-state index contributed by atoms with van der Waals surface area (Å²) in [5.41, 5.74) is 0.862.